The molecule has 5 heteroatoms. The molecule has 3 N–H and O–H groups in total. The lowest BCUT2D eigenvalue weighted by Gasteiger charge is -2.11. The van der Waals surface area contributed by atoms with Crippen LogP contribution < -0.4 is 11.1 Å². The average Bonchev–Trinajstić information content (AvgIpc) is 2.46. The number of nitrogens with one attached hydrogen (secondary N) is 1. The van der Waals surface area contributed by atoms with Gasteiger partial charge in [0, 0.05) is 6.20 Å². The van der Waals surface area contributed by atoms with Gasteiger partial charge in [-0.25, -0.2) is 0 Å². The lowest BCUT2D eigenvalue weighted by atomic mass is 10.1. The van der Waals surface area contributed by atoms with Crippen LogP contribution in [0.5, 0.6) is 0 Å². The fourth-order valence-corrected chi connectivity index (χ4v) is 1.53. The average molecular weight is 242 g/mol. The summed E-state index contributed by atoms with van der Waals surface area (Å²) in [5, 5.41) is 10.3. The van der Waals surface area contributed by atoms with Crippen molar-refractivity contribution in [3.05, 3.63) is 59.9 Å². The Morgan fingerprint density at radius 3 is 2.67 bits per heavy atom. The summed E-state index contributed by atoms with van der Waals surface area (Å²) in [7, 11) is 0. The first-order chi connectivity index (χ1) is 8.77. The molecule has 0 saturated carbocycles. The van der Waals surface area contributed by atoms with E-state index in [0.717, 1.165) is 5.56 Å². The molecule has 2 rings (SSSR count). The van der Waals surface area contributed by atoms with Gasteiger partial charge in [0.25, 0.3) is 0 Å². The van der Waals surface area contributed by atoms with Crippen molar-refractivity contribution < 1.29 is 4.79 Å². The molecule has 0 fully saturated rings. The van der Waals surface area contributed by atoms with Crippen LogP contribution in [0.4, 0.5) is 0 Å². The molecule has 1 atom stereocenters. The zero-order chi connectivity index (χ0) is 12.8. The molecule has 0 aliphatic carbocycles. The van der Waals surface area contributed by atoms with Gasteiger partial charge in [-0.1, -0.05) is 30.3 Å². The quantitative estimate of drug-likeness (QED) is 0.830. The van der Waals surface area contributed by atoms with Gasteiger partial charge in [0.15, 0.2) is 0 Å². The van der Waals surface area contributed by atoms with E-state index in [1.165, 1.54) is 0 Å². The highest BCUT2D eigenvalue weighted by Gasteiger charge is 2.14. The summed E-state index contributed by atoms with van der Waals surface area (Å²) >= 11 is 0. The van der Waals surface area contributed by atoms with Crippen molar-refractivity contribution in [1.82, 2.24) is 15.5 Å². The van der Waals surface area contributed by atoms with E-state index in [2.05, 4.69) is 15.5 Å². The molecule has 1 aromatic heterocycles. The van der Waals surface area contributed by atoms with Crippen LogP contribution in [-0.2, 0) is 11.3 Å². The summed E-state index contributed by atoms with van der Waals surface area (Å²) in [5.74, 6) is -0.230. The van der Waals surface area contributed by atoms with Crippen molar-refractivity contribution in [2.75, 3.05) is 0 Å². The maximum atomic E-state index is 11.8. The summed E-state index contributed by atoms with van der Waals surface area (Å²) in [6.07, 6.45) is 1.58. The number of nitrogens with two attached hydrogens (primary N) is 1. The highest BCUT2D eigenvalue weighted by molar-refractivity contribution is 5.82. The van der Waals surface area contributed by atoms with Crippen molar-refractivity contribution in [3.8, 4) is 0 Å². The normalized spacial score (nSPS) is 11.8. The maximum Gasteiger partial charge on any atom is 0.241 e. The van der Waals surface area contributed by atoms with Crippen molar-refractivity contribution >= 4 is 5.91 Å². The molecular weight excluding hydrogens is 228 g/mol. The zero-order valence-electron chi connectivity index (χ0n) is 9.78. The van der Waals surface area contributed by atoms with Crippen LogP contribution in [0.1, 0.15) is 17.3 Å². The summed E-state index contributed by atoms with van der Waals surface area (Å²) in [4.78, 5) is 11.8. The third-order valence-electron chi connectivity index (χ3n) is 2.51. The van der Waals surface area contributed by atoms with E-state index in [1.54, 1.807) is 18.3 Å². The highest BCUT2D eigenvalue weighted by atomic mass is 16.2. The summed E-state index contributed by atoms with van der Waals surface area (Å²) in [6, 6.07) is 12.1. The van der Waals surface area contributed by atoms with Crippen LogP contribution in [0.3, 0.4) is 0 Å². The minimum Gasteiger partial charge on any atom is -0.349 e. The second-order valence-electron chi connectivity index (χ2n) is 3.82. The fraction of sp³-hybridized carbons (Fsp3) is 0.154. The lowest BCUT2D eigenvalue weighted by molar-refractivity contribution is -0.122. The Labute approximate surface area is 105 Å². The first-order valence-corrected chi connectivity index (χ1v) is 5.62. The molecule has 0 spiro atoms. The van der Waals surface area contributed by atoms with E-state index in [-0.39, 0.29) is 5.91 Å². The molecule has 1 amide bonds. The standard InChI is InChI=1S/C13H14N4O/c14-12(10-5-2-1-3-6-10)13(18)15-9-11-7-4-8-16-17-11/h1-8,12H,9,14H2,(H,15,18). The molecule has 1 aromatic carbocycles. The predicted octanol–water partition coefficient (Wildman–Crippen LogP) is 0.793. The Kier molecular flexibility index (Phi) is 3.98. The van der Waals surface area contributed by atoms with E-state index >= 15 is 0 Å². The third-order valence-corrected chi connectivity index (χ3v) is 2.51. The molecule has 1 heterocycles. The van der Waals surface area contributed by atoms with Gasteiger partial charge in [-0.2, -0.15) is 10.2 Å². The number of carbonyl (C=O) groups is 1. The highest BCUT2D eigenvalue weighted by Crippen LogP contribution is 2.09. The number of amides is 1. The number of aromatic nitrogens is 2. The number of benzene rings is 1. The number of nitrogens with zero attached hydrogens (tertiary/aromatic N) is 2. The Bertz CT molecular complexity index is 501. The van der Waals surface area contributed by atoms with Crippen LogP contribution in [0, 0.1) is 0 Å². The Morgan fingerprint density at radius 2 is 2.00 bits per heavy atom. The van der Waals surface area contributed by atoms with Gasteiger partial charge in [0.1, 0.15) is 6.04 Å². The molecular formula is C13H14N4O. The predicted molar refractivity (Wildman–Crippen MR) is 67.2 cm³/mol. The van der Waals surface area contributed by atoms with E-state index in [4.69, 9.17) is 5.73 Å². The van der Waals surface area contributed by atoms with Crippen molar-refractivity contribution in [3.63, 3.8) is 0 Å². The van der Waals surface area contributed by atoms with Crippen LogP contribution in [0.15, 0.2) is 48.7 Å². The summed E-state index contributed by atoms with van der Waals surface area (Å²) < 4.78 is 0. The third kappa shape index (κ3) is 3.11. The molecule has 2 aromatic rings. The number of rotatable bonds is 4. The number of hydrogen-bond acceptors (Lipinski definition) is 4. The van der Waals surface area contributed by atoms with Gasteiger partial charge in [0.2, 0.25) is 5.91 Å². The van der Waals surface area contributed by atoms with Gasteiger partial charge in [-0.3, -0.25) is 4.79 Å². The first-order valence-electron chi connectivity index (χ1n) is 5.62. The van der Waals surface area contributed by atoms with Crippen molar-refractivity contribution in [2.24, 2.45) is 5.73 Å². The van der Waals surface area contributed by atoms with Crippen molar-refractivity contribution in [1.29, 1.82) is 0 Å². The second kappa shape index (κ2) is 5.88. The van der Waals surface area contributed by atoms with Crippen LogP contribution in [0.2, 0.25) is 0 Å². The monoisotopic (exact) mass is 242 g/mol. The smallest absolute Gasteiger partial charge is 0.241 e. The van der Waals surface area contributed by atoms with Gasteiger partial charge < -0.3 is 11.1 Å². The van der Waals surface area contributed by atoms with Crippen molar-refractivity contribution in [2.45, 2.75) is 12.6 Å². The SMILES string of the molecule is NC(C(=O)NCc1cccnn1)c1ccccc1. The van der Waals surface area contributed by atoms with Crippen LogP contribution in [0.25, 0.3) is 0 Å². The number of hydrogen-bond donors (Lipinski definition) is 2. The van der Waals surface area contributed by atoms with E-state index in [0.29, 0.717) is 12.2 Å². The fourth-order valence-electron chi connectivity index (χ4n) is 1.53. The molecule has 0 radical (unpaired) electrons. The largest absolute Gasteiger partial charge is 0.349 e. The lowest BCUT2D eigenvalue weighted by Crippen LogP contribution is -2.33. The Hall–Kier alpha value is -2.27. The van der Waals surface area contributed by atoms with Crippen LogP contribution in [-0.4, -0.2) is 16.1 Å². The minimum absolute atomic E-state index is 0.230. The molecule has 0 aliphatic heterocycles. The molecule has 0 saturated heterocycles. The van der Waals surface area contributed by atoms with Gasteiger partial charge in [-0.05, 0) is 17.7 Å². The van der Waals surface area contributed by atoms with E-state index in [1.807, 2.05) is 30.3 Å². The Balaban J connectivity index is 1.93. The Morgan fingerprint density at radius 1 is 1.22 bits per heavy atom. The number of carbonyl (C=O) groups excluding carboxylic acids is 1. The molecule has 18 heavy (non-hydrogen) atoms. The molecule has 0 bridgehead atoms. The van der Waals surface area contributed by atoms with Gasteiger partial charge >= 0.3 is 0 Å². The molecule has 5 nitrogen and oxygen atoms in total. The maximum absolute atomic E-state index is 11.8. The summed E-state index contributed by atoms with van der Waals surface area (Å²) in [6.45, 7) is 0.327. The topological polar surface area (TPSA) is 80.9 Å². The van der Waals surface area contributed by atoms with E-state index < -0.39 is 6.04 Å². The van der Waals surface area contributed by atoms with E-state index in [9.17, 15) is 4.79 Å². The van der Waals surface area contributed by atoms with Gasteiger partial charge in [0.05, 0.1) is 12.2 Å². The molecule has 92 valence electrons. The summed E-state index contributed by atoms with van der Waals surface area (Å²) in [5.41, 5.74) is 7.34. The van der Waals surface area contributed by atoms with Crippen LogP contribution >= 0.6 is 0 Å². The van der Waals surface area contributed by atoms with Gasteiger partial charge in [-0.15, -0.1) is 0 Å². The molecule has 0 aliphatic rings. The minimum atomic E-state index is -0.664. The molecule has 1 unspecified atom stereocenters. The second-order valence-corrected chi connectivity index (χ2v) is 3.82. The first kappa shape index (κ1) is 12.2. The zero-order valence-corrected chi connectivity index (χ0v) is 9.78.